The zero-order valence-electron chi connectivity index (χ0n) is 9.41. The molecule has 1 heterocycles. The lowest BCUT2D eigenvalue weighted by Gasteiger charge is -2.11. The number of phenolic OH excluding ortho intramolecular Hbond substituents is 1. The van der Waals surface area contributed by atoms with Gasteiger partial charge in [-0.05, 0) is 0 Å². The second-order valence-corrected chi connectivity index (χ2v) is 5.13. The van der Waals surface area contributed by atoms with E-state index >= 15 is 0 Å². The van der Waals surface area contributed by atoms with Crippen molar-refractivity contribution in [3.05, 3.63) is 33.5 Å². The van der Waals surface area contributed by atoms with E-state index in [9.17, 15) is 9.50 Å². The number of nitrogens with zero attached hydrogens (tertiary/aromatic N) is 1. The van der Waals surface area contributed by atoms with Gasteiger partial charge in [0, 0.05) is 23.2 Å². The Morgan fingerprint density at radius 1 is 1.56 bits per heavy atom. The standard InChI is InChI=1S/C11H10ClFN2O2S/c1-17-10-2-7(13)9(16)3-8(10)14-4-6-5-15-11(12)18-6/h2-3,5,14,16H,4H2,1H3. The molecule has 18 heavy (non-hydrogen) atoms. The molecule has 7 heteroatoms. The maximum Gasteiger partial charge on any atom is 0.183 e. The molecule has 1 aromatic heterocycles. The van der Waals surface area contributed by atoms with Crippen molar-refractivity contribution in [3.8, 4) is 11.5 Å². The molecule has 2 N–H and O–H groups in total. The van der Waals surface area contributed by atoms with Crippen molar-refractivity contribution < 1.29 is 14.2 Å². The van der Waals surface area contributed by atoms with Crippen LogP contribution in [0, 0.1) is 5.82 Å². The Balaban J connectivity index is 2.15. The van der Waals surface area contributed by atoms with Crippen molar-refractivity contribution in [1.29, 1.82) is 0 Å². The third kappa shape index (κ3) is 2.83. The first-order valence-electron chi connectivity index (χ1n) is 5.00. The van der Waals surface area contributed by atoms with Gasteiger partial charge in [0.25, 0.3) is 0 Å². The van der Waals surface area contributed by atoms with E-state index in [1.165, 1.54) is 24.5 Å². The van der Waals surface area contributed by atoms with Crippen LogP contribution in [0.15, 0.2) is 18.3 Å². The number of thiazole rings is 1. The van der Waals surface area contributed by atoms with E-state index < -0.39 is 11.6 Å². The molecule has 0 saturated heterocycles. The molecule has 0 aliphatic heterocycles. The zero-order chi connectivity index (χ0) is 13.1. The molecule has 0 bridgehead atoms. The van der Waals surface area contributed by atoms with Gasteiger partial charge >= 0.3 is 0 Å². The predicted octanol–water partition coefficient (Wildman–Crippen LogP) is 3.26. The third-order valence-corrected chi connectivity index (χ3v) is 3.36. The fourth-order valence-corrected chi connectivity index (χ4v) is 2.32. The number of anilines is 1. The highest BCUT2D eigenvalue weighted by Crippen LogP contribution is 2.31. The highest BCUT2D eigenvalue weighted by molar-refractivity contribution is 7.15. The number of ether oxygens (including phenoxy) is 1. The van der Waals surface area contributed by atoms with Crippen molar-refractivity contribution in [2.24, 2.45) is 0 Å². The second kappa shape index (κ2) is 5.41. The molecule has 2 aromatic rings. The van der Waals surface area contributed by atoms with Gasteiger partial charge in [-0.25, -0.2) is 9.37 Å². The van der Waals surface area contributed by atoms with Gasteiger partial charge in [0.2, 0.25) is 0 Å². The summed E-state index contributed by atoms with van der Waals surface area (Å²) in [5.41, 5.74) is 0.501. The second-order valence-electron chi connectivity index (χ2n) is 3.44. The van der Waals surface area contributed by atoms with Crippen LogP contribution in [0.25, 0.3) is 0 Å². The van der Waals surface area contributed by atoms with Gasteiger partial charge in [-0.3, -0.25) is 0 Å². The maximum atomic E-state index is 13.1. The van der Waals surface area contributed by atoms with E-state index in [-0.39, 0.29) is 0 Å². The Hall–Kier alpha value is -1.53. The number of hydrogen-bond donors (Lipinski definition) is 2. The maximum absolute atomic E-state index is 13.1. The monoisotopic (exact) mass is 288 g/mol. The smallest absolute Gasteiger partial charge is 0.183 e. The average molecular weight is 289 g/mol. The number of rotatable bonds is 4. The fourth-order valence-electron chi connectivity index (χ4n) is 1.40. The van der Waals surface area contributed by atoms with Crippen LogP contribution >= 0.6 is 22.9 Å². The molecule has 4 nitrogen and oxygen atoms in total. The molecular formula is C11H10ClFN2O2S. The molecule has 0 atom stereocenters. The van der Waals surface area contributed by atoms with Crippen LogP contribution in [0.1, 0.15) is 4.88 Å². The van der Waals surface area contributed by atoms with Gasteiger partial charge in [-0.15, -0.1) is 11.3 Å². The lowest BCUT2D eigenvalue weighted by atomic mass is 10.2. The molecule has 1 aromatic carbocycles. The van der Waals surface area contributed by atoms with Gasteiger partial charge in [-0.1, -0.05) is 11.6 Å². The highest BCUT2D eigenvalue weighted by atomic mass is 35.5. The molecule has 0 amide bonds. The third-order valence-electron chi connectivity index (χ3n) is 2.25. The summed E-state index contributed by atoms with van der Waals surface area (Å²) in [5, 5.41) is 12.3. The van der Waals surface area contributed by atoms with Crippen LogP contribution in [0.4, 0.5) is 10.1 Å². The van der Waals surface area contributed by atoms with E-state index in [2.05, 4.69) is 10.3 Å². The number of hydrogen-bond acceptors (Lipinski definition) is 5. The van der Waals surface area contributed by atoms with Crippen molar-refractivity contribution in [2.45, 2.75) is 6.54 Å². The van der Waals surface area contributed by atoms with Crippen LogP contribution in [-0.4, -0.2) is 17.2 Å². The minimum absolute atomic E-state index is 0.320. The lowest BCUT2D eigenvalue weighted by molar-refractivity contribution is 0.401. The van der Waals surface area contributed by atoms with Gasteiger partial charge in [0.15, 0.2) is 16.0 Å². The molecule has 0 spiro atoms. The van der Waals surface area contributed by atoms with Gasteiger partial charge in [-0.2, -0.15) is 0 Å². The Bertz CT molecular complexity index is 562. The van der Waals surface area contributed by atoms with Gasteiger partial charge < -0.3 is 15.2 Å². The Kier molecular flexibility index (Phi) is 3.88. The molecule has 0 aliphatic rings. The van der Waals surface area contributed by atoms with Crippen molar-refractivity contribution >= 4 is 28.6 Å². The number of aromatic nitrogens is 1. The van der Waals surface area contributed by atoms with Crippen LogP contribution in [0.3, 0.4) is 0 Å². The molecule has 0 saturated carbocycles. The zero-order valence-corrected chi connectivity index (χ0v) is 11.0. The number of halogens is 2. The lowest BCUT2D eigenvalue weighted by Crippen LogP contribution is -2.00. The molecule has 0 unspecified atom stereocenters. The van der Waals surface area contributed by atoms with E-state index in [1.807, 2.05) is 0 Å². The summed E-state index contributed by atoms with van der Waals surface area (Å²) in [5.74, 6) is -0.834. The summed E-state index contributed by atoms with van der Waals surface area (Å²) in [6.45, 7) is 0.464. The first-order chi connectivity index (χ1) is 8.60. The minimum atomic E-state index is -0.724. The Labute approximate surface area is 112 Å². The molecule has 96 valence electrons. The molecule has 0 aliphatic carbocycles. The topological polar surface area (TPSA) is 54.4 Å². The number of methoxy groups -OCH3 is 1. The summed E-state index contributed by atoms with van der Waals surface area (Å²) in [4.78, 5) is 4.83. The van der Waals surface area contributed by atoms with Crippen LogP contribution in [0.2, 0.25) is 4.47 Å². The SMILES string of the molecule is COc1cc(F)c(O)cc1NCc1cnc(Cl)s1. The van der Waals surface area contributed by atoms with Gasteiger partial charge in [0.1, 0.15) is 5.75 Å². The molecule has 0 radical (unpaired) electrons. The summed E-state index contributed by atoms with van der Waals surface area (Å²) in [7, 11) is 1.43. The van der Waals surface area contributed by atoms with E-state index in [4.69, 9.17) is 16.3 Å². The van der Waals surface area contributed by atoms with Crippen LogP contribution < -0.4 is 10.1 Å². The summed E-state index contributed by atoms with van der Waals surface area (Å²) < 4.78 is 18.6. The highest BCUT2D eigenvalue weighted by Gasteiger charge is 2.10. The van der Waals surface area contributed by atoms with Crippen molar-refractivity contribution in [2.75, 3.05) is 12.4 Å². The number of phenols is 1. The predicted molar refractivity (Wildman–Crippen MR) is 69.1 cm³/mol. The molecule has 2 rings (SSSR count). The summed E-state index contributed by atoms with van der Waals surface area (Å²) >= 11 is 7.05. The fraction of sp³-hybridized carbons (Fsp3) is 0.182. The largest absolute Gasteiger partial charge is 0.505 e. The quantitative estimate of drug-likeness (QED) is 0.907. The van der Waals surface area contributed by atoms with E-state index in [1.54, 1.807) is 6.20 Å². The Morgan fingerprint density at radius 2 is 2.33 bits per heavy atom. The molecule has 0 fully saturated rings. The number of benzene rings is 1. The average Bonchev–Trinajstić information content (AvgIpc) is 2.76. The molecular weight excluding hydrogens is 279 g/mol. The minimum Gasteiger partial charge on any atom is -0.505 e. The first-order valence-corrected chi connectivity index (χ1v) is 6.20. The summed E-state index contributed by atoms with van der Waals surface area (Å²) in [6.07, 6.45) is 1.65. The van der Waals surface area contributed by atoms with Crippen molar-refractivity contribution in [3.63, 3.8) is 0 Å². The van der Waals surface area contributed by atoms with E-state index in [0.29, 0.717) is 22.4 Å². The Morgan fingerprint density at radius 3 is 2.94 bits per heavy atom. The normalized spacial score (nSPS) is 10.4. The summed E-state index contributed by atoms with van der Waals surface area (Å²) in [6, 6.07) is 2.40. The number of aromatic hydroxyl groups is 1. The van der Waals surface area contributed by atoms with Gasteiger partial charge in [0.05, 0.1) is 19.3 Å². The number of nitrogens with one attached hydrogen (secondary N) is 1. The first kappa shape index (κ1) is 12.9. The van der Waals surface area contributed by atoms with E-state index in [0.717, 1.165) is 10.9 Å². The van der Waals surface area contributed by atoms with Crippen molar-refractivity contribution in [1.82, 2.24) is 4.98 Å². The van der Waals surface area contributed by atoms with Crippen LogP contribution in [0.5, 0.6) is 11.5 Å². The van der Waals surface area contributed by atoms with Crippen LogP contribution in [-0.2, 0) is 6.54 Å².